The zero-order valence-electron chi connectivity index (χ0n) is 15.5. The lowest BCUT2D eigenvalue weighted by atomic mass is 10.1. The summed E-state index contributed by atoms with van der Waals surface area (Å²) < 4.78 is 2.37. The van der Waals surface area contributed by atoms with Gasteiger partial charge in [0.2, 0.25) is 0 Å². The minimum absolute atomic E-state index is 0.308. The van der Waals surface area contributed by atoms with Crippen LogP contribution >= 0.6 is 27.5 Å². The molecule has 2 aromatic carbocycles. The third-order valence-corrected chi connectivity index (χ3v) is 5.20. The molecule has 0 fully saturated rings. The van der Waals surface area contributed by atoms with Gasteiger partial charge in [-0.3, -0.25) is 4.79 Å². The van der Waals surface area contributed by atoms with Gasteiger partial charge in [-0.15, -0.1) is 0 Å². The van der Waals surface area contributed by atoms with Crippen LogP contribution in [0.4, 0.5) is 0 Å². The van der Waals surface area contributed by atoms with Crippen molar-refractivity contribution in [3.8, 4) is 17.1 Å². The summed E-state index contributed by atoms with van der Waals surface area (Å²) in [5.41, 5.74) is 5.17. The molecule has 0 radical (unpaired) electrons. The largest absolute Gasteiger partial charge is 0.290 e. The van der Waals surface area contributed by atoms with Gasteiger partial charge in [0.25, 0.3) is 5.91 Å². The van der Waals surface area contributed by atoms with E-state index in [1.165, 1.54) is 4.68 Å². The van der Waals surface area contributed by atoms with Crippen LogP contribution < -0.4 is 5.43 Å². The van der Waals surface area contributed by atoms with E-state index in [2.05, 4.69) is 36.5 Å². The van der Waals surface area contributed by atoms with Crippen molar-refractivity contribution in [1.29, 1.82) is 0 Å². The van der Waals surface area contributed by atoms with Crippen LogP contribution in [0.2, 0.25) is 5.02 Å². The van der Waals surface area contributed by atoms with Crippen molar-refractivity contribution in [1.82, 2.24) is 20.2 Å². The smallest absolute Gasteiger partial charge is 0.266 e. The Morgan fingerprint density at radius 2 is 1.83 bits per heavy atom. The Kier molecular flexibility index (Phi) is 6.02. The lowest BCUT2D eigenvalue weighted by Gasteiger charge is -2.05. The maximum atomic E-state index is 12.9. The molecule has 2 aromatic heterocycles. The molecule has 0 spiro atoms. The van der Waals surface area contributed by atoms with Gasteiger partial charge < -0.3 is 0 Å². The van der Waals surface area contributed by atoms with Crippen molar-refractivity contribution in [2.24, 2.45) is 5.10 Å². The number of benzene rings is 2. The highest BCUT2D eigenvalue weighted by Crippen LogP contribution is 2.23. The minimum atomic E-state index is -0.406. The maximum Gasteiger partial charge on any atom is 0.290 e. The van der Waals surface area contributed by atoms with Crippen LogP contribution in [0.15, 0.2) is 88.6 Å². The summed E-state index contributed by atoms with van der Waals surface area (Å²) in [7, 11) is 0. The standard InChI is InChI=1S/C22H15BrClN5O/c23-18-6-2-1-5-16(18)14-26-27-22(30)20-13-19(15-8-10-17(24)11-9-15)28-29(20)21-7-3-4-12-25-21/h1-14H,(H,27,30). The number of aromatic nitrogens is 3. The molecule has 8 heteroatoms. The van der Waals surface area contributed by atoms with Crippen molar-refractivity contribution >= 4 is 39.7 Å². The van der Waals surface area contributed by atoms with Gasteiger partial charge in [0.15, 0.2) is 5.82 Å². The zero-order chi connectivity index (χ0) is 20.9. The normalized spacial score (nSPS) is 11.0. The molecule has 0 saturated heterocycles. The number of hydrazone groups is 1. The Labute approximate surface area is 186 Å². The predicted molar refractivity (Wildman–Crippen MR) is 121 cm³/mol. The van der Waals surface area contributed by atoms with Gasteiger partial charge in [-0.1, -0.05) is 63.9 Å². The summed E-state index contributed by atoms with van der Waals surface area (Å²) in [6.45, 7) is 0. The first-order valence-electron chi connectivity index (χ1n) is 8.97. The van der Waals surface area contributed by atoms with Crippen LogP contribution in [0.1, 0.15) is 16.1 Å². The summed E-state index contributed by atoms with van der Waals surface area (Å²) in [5.74, 6) is 0.120. The lowest BCUT2D eigenvalue weighted by Crippen LogP contribution is -2.21. The highest BCUT2D eigenvalue weighted by atomic mass is 79.9. The van der Waals surface area contributed by atoms with Crippen LogP contribution in [-0.4, -0.2) is 26.9 Å². The maximum absolute atomic E-state index is 12.9. The van der Waals surface area contributed by atoms with Crippen LogP contribution in [0.5, 0.6) is 0 Å². The Balaban J connectivity index is 1.66. The number of halogens is 2. The summed E-state index contributed by atoms with van der Waals surface area (Å²) >= 11 is 9.43. The van der Waals surface area contributed by atoms with E-state index in [4.69, 9.17) is 11.6 Å². The van der Waals surface area contributed by atoms with Gasteiger partial charge in [0.05, 0.1) is 11.9 Å². The van der Waals surface area contributed by atoms with Gasteiger partial charge in [0.1, 0.15) is 5.69 Å². The molecule has 30 heavy (non-hydrogen) atoms. The first-order valence-corrected chi connectivity index (χ1v) is 10.1. The Morgan fingerprint density at radius 1 is 1.07 bits per heavy atom. The number of carbonyl (C=O) groups is 1. The van der Waals surface area contributed by atoms with E-state index in [1.807, 2.05) is 42.5 Å². The fourth-order valence-electron chi connectivity index (χ4n) is 2.76. The van der Waals surface area contributed by atoms with Gasteiger partial charge in [0, 0.05) is 26.8 Å². The van der Waals surface area contributed by atoms with Crippen LogP contribution in [0.3, 0.4) is 0 Å². The highest BCUT2D eigenvalue weighted by molar-refractivity contribution is 9.10. The van der Waals surface area contributed by atoms with Crippen molar-refractivity contribution in [3.05, 3.63) is 99.7 Å². The average Bonchev–Trinajstić information content (AvgIpc) is 3.22. The van der Waals surface area contributed by atoms with Gasteiger partial charge in [-0.2, -0.15) is 10.2 Å². The minimum Gasteiger partial charge on any atom is -0.266 e. The van der Waals surface area contributed by atoms with Crippen molar-refractivity contribution in [3.63, 3.8) is 0 Å². The van der Waals surface area contributed by atoms with E-state index in [1.54, 1.807) is 42.7 Å². The van der Waals surface area contributed by atoms with E-state index in [9.17, 15) is 4.79 Å². The first-order chi connectivity index (χ1) is 14.6. The summed E-state index contributed by atoms with van der Waals surface area (Å²) in [6.07, 6.45) is 3.22. The highest BCUT2D eigenvalue weighted by Gasteiger charge is 2.18. The molecule has 0 aliphatic carbocycles. The molecule has 1 N–H and O–H groups in total. The Morgan fingerprint density at radius 3 is 2.57 bits per heavy atom. The quantitative estimate of drug-likeness (QED) is 0.318. The number of carbonyl (C=O) groups excluding carboxylic acids is 1. The lowest BCUT2D eigenvalue weighted by molar-refractivity contribution is 0.0947. The monoisotopic (exact) mass is 479 g/mol. The number of hydrogen-bond donors (Lipinski definition) is 1. The van der Waals surface area contributed by atoms with Crippen molar-refractivity contribution < 1.29 is 4.79 Å². The van der Waals surface area contributed by atoms with Crippen molar-refractivity contribution in [2.45, 2.75) is 0 Å². The fourth-order valence-corrected chi connectivity index (χ4v) is 3.27. The third-order valence-electron chi connectivity index (χ3n) is 4.22. The van der Waals surface area contributed by atoms with E-state index < -0.39 is 5.91 Å². The van der Waals surface area contributed by atoms with Gasteiger partial charge >= 0.3 is 0 Å². The molecule has 0 bridgehead atoms. The SMILES string of the molecule is O=C(NN=Cc1ccccc1Br)c1cc(-c2ccc(Cl)cc2)nn1-c1ccccn1. The van der Waals surface area contributed by atoms with E-state index in [0.29, 0.717) is 22.2 Å². The molecule has 4 rings (SSSR count). The fraction of sp³-hybridized carbons (Fsp3) is 0. The van der Waals surface area contributed by atoms with E-state index >= 15 is 0 Å². The molecule has 0 atom stereocenters. The number of amides is 1. The van der Waals surface area contributed by atoms with E-state index in [-0.39, 0.29) is 0 Å². The summed E-state index contributed by atoms with van der Waals surface area (Å²) in [4.78, 5) is 17.2. The molecular weight excluding hydrogens is 466 g/mol. The molecule has 0 aliphatic heterocycles. The second-order valence-corrected chi connectivity index (χ2v) is 7.53. The third kappa shape index (κ3) is 4.48. The topological polar surface area (TPSA) is 72.2 Å². The molecule has 1 amide bonds. The average molecular weight is 481 g/mol. The number of hydrogen-bond acceptors (Lipinski definition) is 4. The number of pyridine rings is 1. The number of nitrogens with zero attached hydrogens (tertiary/aromatic N) is 4. The zero-order valence-corrected chi connectivity index (χ0v) is 17.9. The van der Waals surface area contributed by atoms with Crippen LogP contribution in [-0.2, 0) is 0 Å². The van der Waals surface area contributed by atoms with E-state index in [0.717, 1.165) is 15.6 Å². The molecule has 2 heterocycles. The van der Waals surface area contributed by atoms with Gasteiger partial charge in [-0.25, -0.2) is 15.1 Å². The van der Waals surface area contributed by atoms with Crippen LogP contribution in [0, 0.1) is 0 Å². The number of rotatable bonds is 5. The Hall–Kier alpha value is -3.29. The molecule has 148 valence electrons. The predicted octanol–water partition coefficient (Wildman–Crippen LogP) is 5.11. The molecule has 0 saturated carbocycles. The Bertz CT molecular complexity index is 1210. The molecule has 6 nitrogen and oxygen atoms in total. The molecule has 0 aliphatic rings. The first kappa shape index (κ1) is 20.0. The second kappa shape index (κ2) is 9.02. The number of nitrogens with one attached hydrogen (secondary N) is 1. The van der Waals surface area contributed by atoms with Crippen molar-refractivity contribution in [2.75, 3.05) is 0 Å². The second-order valence-electron chi connectivity index (χ2n) is 6.24. The van der Waals surface area contributed by atoms with Gasteiger partial charge in [-0.05, 0) is 36.4 Å². The summed E-state index contributed by atoms with van der Waals surface area (Å²) in [6, 6.07) is 21.9. The molecule has 0 unspecified atom stereocenters. The molecular formula is C22H15BrClN5O. The van der Waals surface area contributed by atoms with Crippen LogP contribution in [0.25, 0.3) is 17.1 Å². The molecule has 4 aromatic rings. The summed E-state index contributed by atoms with van der Waals surface area (Å²) in [5, 5.41) is 9.27.